The van der Waals surface area contributed by atoms with Crippen LogP contribution in [-0.2, 0) is 16.4 Å². The molecule has 1 amide bonds. The second-order valence-electron chi connectivity index (χ2n) is 7.10. The summed E-state index contributed by atoms with van der Waals surface area (Å²) in [6.45, 7) is 3.06. The minimum atomic E-state index is -3.00. The maximum Gasteiger partial charge on any atom is 0.263 e. The summed E-state index contributed by atoms with van der Waals surface area (Å²) in [5.41, 5.74) is 0.868. The van der Waals surface area contributed by atoms with Crippen molar-refractivity contribution in [3.63, 3.8) is 0 Å². The molecule has 8 heteroatoms. The quantitative estimate of drug-likeness (QED) is 0.709. The number of pyridine rings is 1. The second kappa shape index (κ2) is 8.70. The first kappa shape index (κ1) is 20.3. The molecule has 1 aliphatic heterocycles. The Balaban J connectivity index is 1.65. The molecular weight excluding hydrogens is 378 g/mol. The zero-order chi connectivity index (χ0) is 20.1. The monoisotopic (exact) mass is 403 g/mol. The number of hydrogen-bond donors (Lipinski definition) is 0. The lowest BCUT2D eigenvalue weighted by molar-refractivity contribution is 0.0641. The maximum atomic E-state index is 12.8. The van der Waals surface area contributed by atoms with E-state index in [0.29, 0.717) is 39.3 Å². The molecule has 0 saturated carbocycles. The highest BCUT2D eigenvalue weighted by Gasteiger charge is 2.24. The average Bonchev–Trinajstić information content (AvgIpc) is 2.68. The van der Waals surface area contributed by atoms with E-state index in [0.717, 1.165) is 5.56 Å². The molecular formula is C20H25N3O4S. The number of aromatic nitrogens is 1. The van der Waals surface area contributed by atoms with Crippen molar-refractivity contribution in [3.05, 3.63) is 70.1 Å². The molecule has 150 valence electrons. The van der Waals surface area contributed by atoms with Gasteiger partial charge in [-0.25, -0.2) is 8.42 Å². The van der Waals surface area contributed by atoms with Crippen LogP contribution >= 0.6 is 0 Å². The Hall–Kier alpha value is -2.45. The summed E-state index contributed by atoms with van der Waals surface area (Å²) in [4.78, 5) is 29.3. The zero-order valence-corrected chi connectivity index (χ0v) is 16.8. The van der Waals surface area contributed by atoms with Crippen LogP contribution in [0.4, 0.5) is 0 Å². The van der Waals surface area contributed by atoms with Crippen LogP contribution in [0.3, 0.4) is 0 Å². The van der Waals surface area contributed by atoms with Crippen molar-refractivity contribution < 1.29 is 13.2 Å². The molecule has 1 aromatic heterocycles. The van der Waals surface area contributed by atoms with Crippen LogP contribution in [-0.4, -0.2) is 73.4 Å². The Morgan fingerprint density at radius 2 is 1.68 bits per heavy atom. The molecule has 0 bridgehead atoms. The molecule has 2 aromatic rings. The fourth-order valence-electron chi connectivity index (χ4n) is 3.24. The van der Waals surface area contributed by atoms with Gasteiger partial charge in [0, 0.05) is 45.2 Å². The molecule has 0 N–H and O–H groups in total. The van der Waals surface area contributed by atoms with Gasteiger partial charge in [0.15, 0.2) is 0 Å². The van der Waals surface area contributed by atoms with Crippen molar-refractivity contribution in [1.82, 2.24) is 14.4 Å². The summed E-state index contributed by atoms with van der Waals surface area (Å²) in [5, 5.41) is 0. The van der Waals surface area contributed by atoms with Crippen molar-refractivity contribution in [2.75, 3.05) is 44.7 Å². The first-order chi connectivity index (χ1) is 13.3. The molecule has 3 rings (SSSR count). The van der Waals surface area contributed by atoms with E-state index in [4.69, 9.17) is 0 Å². The van der Waals surface area contributed by atoms with E-state index < -0.39 is 9.84 Å². The Kier molecular flexibility index (Phi) is 6.31. The van der Waals surface area contributed by atoms with E-state index >= 15 is 0 Å². The molecule has 1 saturated heterocycles. The van der Waals surface area contributed by atoms with Gasteiger partial charge in [0.05, 0.1) is 12.3 Å². The third-order valence-corrected chi connectivity index (χ3v) is 5.81. The van der Waals surface area contributed by atoms with Crippen LogP contribution < -0.4 is 5.56 Å². The smallest absolute Gasteiger partial charge is 0.263 e. The van der Waals surface area contributed by atoms with Gasteiger partial charge in [0.1, 0.15) is 15.4 Å². The molecule has 0 atom stereocenters. The van der Waals surface area contributed by atoms with Gasteiger partial charge in [-0.3, -0.25) is 14.5 Å². The lowest BCUT2D eigenvalue weighted by atomic mass is 10.2. The highest BCUT2D eigenvalue weighted by Crippen LogP contribution is 2.08. The fourth-order valence-corrected chi connectivity index (χ4v) is 3.83. The highest BCUT2D eigenvalue weighted by atomic mass is 32.2. The Morgan fingerprint density at radius 3 is 2.32 bits per heavy atom. The van der Waals surface area contributed by atoms with E-state index in [2.05, 4.69) is 0 Å². The van der Waals surface area contributed by atoms with Gasteiger partial charge < -0.3 is 9.47 Å². The van der Waals surface area contributed by atoms with Gasteiger partial charge in [-0.2, -0.15) is 0 Å². The lowest BCUT2D eigenvalue weighted by Gasteiger charge is -2.34. The van der Waals surface area contributed by atoms with Crippen LogP contribution in [0.5, 0.6) is 0 Å². The number of carbonyl (C=O) groups is 1. The van der Waals surface area contributed by atoms with Gasteiger partial charge in [-0.15, -0.1) is 0 Å². The van der Waals surface area contributed by atoms with Crippen molar-refractivity contribution in [1.29, 1.82) is 0 Å². The van der Waals surface area contributed by atoms with Crippen LogP contribution in [0.2, 0.25) is 0 Å². The van der Waals surface area contributed by atoms with Crippen LogP contribution in [0, 0.1) is 0 Å². The average molecular weight is 404 g/mol. The number of rotatable bonds is 6. The van der Waals surface area contributed by atoms with Crippen molar-refractivity contribution in [2.24, 2.45) is 0 Å². The molecule has 0 spiro atoms. The number of benzene rings is 1. The van der Waals surface area contributed by atoms with E-state index in [9.17, 15) is 18.0 Å². The third kappa shape index (κ3) is 5.30. The van der Waals surface area contributed by atoms with E-state index in [-0.39, 0.29) is 22.8 Å². The maximum absolute atomic E-state index is 12.8. The highest BCUT2D eigenvalue weighted by molar-refractivity contribution is 7.90. The summed E-state index contributed by atoms with van der Waals surface area (Å²) in [6.07, 6.45) is 2.91. The SMILES string of the molecule is CS(=O)(=O)CCN1CCN(C(=O)c2cccn(Cc3ccccc3)c2=O)CC1. The van der Waals surface area contributed by atoms with Gasteiger partial charge >= 0.3 is 0 Å². The summed E-state index contributed by atoms with van der Waals surface area (Å²) in [6, 6.07) is 12.9. The van der Waals surface area contributed by atoms with Crippen LogP contribution in [0.25, 0.3) is 0 Å². The molecule has 2 heterocycles. The first-order valence-corrected chi connectivity index (χ1v) is 11.3. The molecule has 0 aliphatic carbocycles. The van der Waals surface area contributed by atoms with E-state index in [1.54, 1.807) is 27.8 Å². The molecule has 1 fully saturated rings. The van der Waals surface area contributed by atoms with E-state index in [1.165, 1.54) is 6.26 Å². The number of sulfone groups is 1. The van der Waals surface area contributed by atoms with Gasteiger partial charge in [0.25, 0.3) is 11.5 Å². The minimum absolute atomic E-state index is 0.115. The summed E-state index contributed by atoms with van der Waals surface area (Å²) < 4.78 is 24.2. The zero-order valence-electron chi connectivity index (χ0n) is 16.0. The fraction of sp³-hybridized carbons (Fsp3) is 0.400. The standard InChI is InChI=1S/C20H25N3O4S/c1-28(26,27)15-14-21-10-12-22(13-11-21)19(24)18-8-5-9-23(20(18)25)16-17-6-3-2-4-7-17/h2-9H,10-16H2,1H3. The summed E-state index contributed by atoms with van der Waals surface area (Å²) in [5.74, 6) is -0.153. The van der Waals surface area contributed by atoms with Crippen LogP contribution in [0.1, 0.15) is 15.9 Å². The van der Waals surface area contributed by atoms with Gasteiger partial charge in [-0.1, -0.05) is 30.3 Å². The molecule has 1 aromatic carbocycles. The first-order valence-electron chi connectivity index (χ1n) is 9.26. The largest absolute Gasteiger partial charge is 0.336 e. The molecule has 1 aliphatic rings. The van der Waals surface area contributed by atoms with Gasteiger partial charge in [0.2, 0.25) is 0 Å². The van der Waals surface area contributed by atoms with Crippen LogP contribution in [0.15, 0.2) is 53.5 Å². The summed E-state index contributed by atoms with van der Waals surface area (Å²) in [7, 11) is -3.00. The predicted molar refractivity (Wildman–Crippen MR) is 108 cm³/mol. The lowest BCUT2D eigenvalue weighted by Crippen LogP contribution is -2.50. The molecule has 7 nitrogen and oxygen atoms in total. The Morgan fingerprint density at radius 1 is 1.00 bits per heavy atom. The molecule has 0 radical (unpaired) electrons. The van der Waals surface area contributed by atoms with E-state index in [1.807, 2.05) is 35.2 Å². The second-order valence-corrected chi connectivity index (χ2v) is 9.36. The Labute approximate surface area is 165 Å². The predicted octanol–water partition coefficient (Wildman–Crippen LogP) is 0.699. The van der Waals surface area contributed by atoms with Crippen molar-refractivity contribution >= 4 is 15.7 Å². The van der Waals surface area contributed by atoms with Gasteiger partial charge in [-0.05, 0) is 17.7 Å². The number of nitrogens with zero attached hydrogens (tertiary/aromatic N) is 3. The normalized spacial score (nSPS) is 15.5. The Bertz CT molecular complexity index is 978. The number of piperazine rings is 1. The minimum Gasteiger partial charge on any atom is -0.336 e. The van der Waals surface area contributed by atoms with Crippen molar-refractivity contribution in [2.45, 2.75) is 6.54 Å². The molecule has 0 unspecified atom stereocenters. The third-order valence-electron chi connectivity index (χ3n) is 4.88. The number of carbonyl (C=O) groups excluding carboxylic acids is 1. The summed E-state index contributed by atoms with van der Waals surface area (Å²) >= 11 is 0. The molecule has 28 heavy (non-hydrogen) atoms. The number of hydrogen-bond acceptors (Lipinski definition) is 5. The number of amides is 1. The topological polar surface area (TPSA) is 79.7 Å². The van der Waals surface area contributed by atoms with Crippen molar-refractivity contribution in [3.8, 4) is 0 Å².